The van der Waals surface area contributed by atoms with Crippen molar-refractivity contribution >= 4 is 11.1 Å². The smallest absolute Gasteiger partial charge is 0.161 e. The van der Waals surface area contributed by atoms with Crippen molar-refractivity contribution < 1.29 is 13.2 Å². The Hall–Kier alpha value is 0.0400. The molecule has 0 aromatic heterocycles. The molecule has 2 unspecified atom stereocenters. The van der Waals surface area contributed by atoms with Gasteiger partial charge in [0.15, 0.2) is 5.50 Å². The van der Waals surface area contributed by atoms with Gasteiger partial charge in [-0.05, 0) is 17.5 Å². The first-order chi connectivity index (χ1) is 3.68. The summed E-state index contributed by atoms with van der Waals surface area (Å²) in [7, 11) is 0. The van der Waals surface area contributed by atoms with Gasteiger partial charge in [0.2, 0.25) is 0 Å². The molecule has 50 valence electrons. The summed E-state index contributed by atoms with van der Waals surface area (Å²) in [6.45, 7) is 1.74. The SMILES string of the molecule is CCCC(F)S(=O)[O-]. The minimum atomic E-state index is -2.53. The minimum Gasteiger partial charge on any atom is -0.770 e. The fourth-order valence-electron chi connectivity index (χ4n) is 0.323. The van der Waals surface area contributed by atoms with E-state index in [1.54, 1.807) is 6.92 Å². The van der Waals surface area contributed by atoms with Gasteiger partial charge in [-0.2, -0.15) is 0 Å². The molecule has 0 amide bonds. The highest BCUT2D eigenvalue weighted by molar-refractivity contribution is 7.79. The molecular formula is C4H8FO2S-. The molecule has 2 nitrogen and oxygen atoms in total. The molecule has 0 rings (SSSR count). The van der Waals surface area contributed by atoms with Crippen LogP contribution in [0.3, 0.4) is 0 Å². The summed E-state index contributed by atoms with van der Waals surface area (Å²) in [6, 6.07) is 0. The molecule has 0 fully saturated rings. The second-order valence-corrected chi connectivity index (χ2v) is 2.49. The molecule has 0 N–H and O–H groups in total. The highest BCUT2D eigenvalue weighted by atomic mass is 32.2. The highest BCUT2D eigenvalue weighted by Gasteiger charge is 2.02. The maximum absolute atomic E-state index is 11.9. The molecule has 0 bridgehead atoms. The molecule has 0 heterocycles. The van der Waals surface area contributed by atoms with Gasteiger partial charge in [-0.25, -0.2) is 4.39 Å². The molecule has 0 saturated heterocycles. The molecule has 2 atom stereocenters. The predicted octanol–water partition coefficient (Wildman–Crippen LogP) is 0.961. The third-order valence-electron chi connectivity index (χ3n) is 0.724. The zero-order chi connectivity index (χ0) is 6.57. The van der Waals surface area contributed by atoms with E-state index in [1.165, 1.54) is 0 Å². The average molecular weight is 139 g/mol. The lowest BCUT2D eigenvalue weighted by Gasteiger charge is -2.08. The van der Waals surface area contributed by atoms with Crippen molar-refractivity contribution in [1.82, 2.24) is 0 Å². The first-order valence-corrected chi connectivity index (χ1v) is 3.54. The first kappa shape index (κ1) is 8.04. The van der Waals surface area contributed by atoms with Crippen molar-refractivity contribution in [2.24, 2.45) is 0 Å². The Bertz CT molecular complexity index is 86.1. The van der Waals surface area contributed by atoms with Gasteiger partial charge in [0.05, 0.1) is 0 Å². The quantitative estimate of drug-likeness (QED) is 0.546. The van der Waals surface area contributed by atoms with Crippen molar-refractivity contribution in [3.8, 4) is 0 Å². The number of alkyl halides is 1. The average Bonchev–Trinajstić information content (AvgIpc) is 1.67. The minimum absolute atomic E-state index is 0.107. The van der Waals surface area contributed by atoms with Gasteiger partial charge in [-0.15, -0.1) is 0 Å². The highest BCUT2D eigenvalue weighted by Crippen LogP contribution is 2.03. The molecular weight excluding hydrogens is 131 g/mol. The molecule has 0 aromatic carbocycles. The molecule has 0 aliphatic carbocycles. The van der Waals surface area contributed by atoms with Crippen LogP contribution in [0.15, 0.2) is 0 Å². The van der Waals surface area contributed by atoms with Crippen LogP contribution < -0.4 is 0 Å². The van der Waals surface area contributed by atoms with Gasteiger partial charge in [-0.1, -0.05) is 13.3 Å². The van der Waals surface area contributed by atoms with Crippen LogP contribution in [-0.2, 0) is 11.1 Å². The molecule has 0 saturated carbocycles. The van der Waals surface area contributed by atoms with Crippen LogP contribution in [0.5, 0.6) is 0 Å². The van der Waals surface area contributed by atoms with Crippen LogP contribution in [-0.4, -0.2) is 14.3 Å². The summed E-state index contributed by atoms with van der Waals surface area (Å²) in [5.74, 6) is 0. The van der Waals surface area contributed by atoms with Crippen molar-refractivity contribution in [3.05, 3.63) is 0 Å². The van der Waals surface area contributed by atoms with E-state index in [0.29, 0.717) is 6.42 Å². The summed E-state index contributed by atoms with van der Waals surface area (Å²) in [6.07, 6.45) is 0.672. The van der Waals surface area contributed by atoms with Crippen molar-refractivity contribution in [2.75, 3.05) is 0 Å². The normalized spacial score (nSPS) is 17.9. The Kier molecular flexibility index (Phi) is 3.99. The topological polar surface area (TPSA) is 40.1 Å². The fraction of sp³-hybridized carbons (Fsp3) is 1.00. The summed E-state index contributed by atoms with van der Waals surface area (Å²) in [5, 5.41) is 0. The van der Waals surface area contributed by atoms with E-state index >= 15 is 0 Å². The van der Waals surface area contributed by atoms with E-state index in [0.717, 1.165) is 0 Å². The van der Waals surface area contributed by atoms with E-state index in [-0.39, 0.29) is 6.42 Å². The summed E-state index contributed by atoms with van der Waals surface area (Å²) in [4.78, 5) is 0. The van der Waals surface area contributed by atoms with Crippen LogP contribution in [0.25, 0.3) is 0 Å². The molecule has 0 aliphatic rings. The largest absolute Gasteiger partial charge is 0.770 e. The summed E-state index contributed by atoms with van der Waals surface area (Å²) < 4.78 is 31.3. The third-order valence-corrected chi connectivity index (χ3v) is 1.38. The molecule has 0 aliphatic heterocycles. The van der Waals surface area contributed by atoms with Gasteiger partial charge >= 0.3 is 0 Å². The van der Waals surface area contributed by atoms with E-state index in [4.69, 9.17) is 0 Å². The lowest BCUT2D eigenvalue weighted by atomic mass is 10.4. The van der Waals surface area contributed by atoms with Crippen molar-refractivity contribution in [3.63, 3.8) is 0 Å². The molecule has 0 radical (unpaired) electrons. The van der Waals surface area contributed by atoms with Crippen molar-refractivity contribution in [1.29, 1.82) is 0 Å². The Morgan fingerprint density at radius 3 is 2.50 bits per heavy atom. The number of hydrogen-bond acceptors (Lipinski definition) is 2. The lowest BCUT2D eigenvalue weighted by molar-refractivity contribution is 0.382. The second kappa shape index (κ2) is 3.97. The number of halogens is 1. The zero-order valence-corrected chi connectivity index (χ0v) is 5.41. The maximum Gasteiger partial charge on any atom is 0.161 e. The third kappa shape index (κ3) is 3.10. The van der Waals surface area contributed by atoms with Crippen LogP contribution in [0.2, 0.25) is 0 Å². The van der Waals surface area contributed by atoms with Crippen LogP contribution in [0.4, 0.5) is 4.39 Å². The summed E-state index contributed by atoms with van der Waals surface area (Å²) in [5.41, 5.74) is -1.67. The van der Waals surface area contributed by atoms with Gasteiger partial charge in [0, 0.05) is 0 Å². The molecule has 8 heavy (non-hydrogen) atoms. The fourth-order valence-corrected chi connectivity index (χ4v) is 0.751. The lowest BCUT2D eigenvalue weighted by Crippen LogP contribution is -2.06. The van der Waals surface area contributed by atoms with Gasteiger partial charge in [-0.3, -0.25) is 4.21 Å². The van der Waals surface area contributed by atoms with Gasteiger partial charge in [0.1, 0.15) is 0 Å². The number of rotatable bonds is 3. The summed E-state index contributed by atoms with van der Waals surface area (Å²) >= 11 is -2.53. The molecule has 0 spiro atoms. The maximum atomic E-state index is 11.9. The Balaban J connectivity index is 3.32. The zero-order valence-electron chi connectivity index (χ0n) is 4.59. The standard InChI is InChI=1S/C4H9FO2S/c1-2-3-4(5)8(6)7/h4H,2-3H2,1H3,(H,6,7)/p-1. The Labute approximate surface area is 50.4 Å². The van der Waals surface area contributed by atoms with Crippen LogP contribution in [0, 0.1) is 0 Å². The van der Waals surface area contributed by atoms with E-state index < -0.39 is 16.6 Å². The predicted molar refractivity (Wildman–Crippen MR) is 28.7 cm³/mol. The monoisotopic (exact) mass is 139 g/mol. The first-order valence-electron chi connectivity index (χ1n) is 2.40. The van der Waals surface area contributed by atoms with Crippen molar-refractivity contribution in [2.45, 2.75) is 25.3 Å². The van der Waals surface area contributed by atoms with Crippen LogP contribution in [0.1, 0.15) is 19.8 Å². The van der Waals surface area contributed by atoms with Gasteiger partial charge in [0.25, 0.3) is 0 Å². The number of hydrogen-bond donors (Lipinski definition) is 0. The van der Waals surface area contributed by atoms with Crippen LogP contribution >= 0.6 is 0 Å². The van der Waals surface area contributed by atoms with E-state index in [2.05, 4.69) is 0 Å². The molecule has 4 heteroatoms. The Morgan fingerprint density at radius 1 is 1.88 bits per heavy atom. The van der Waals surface area contributed by atoms with Gasteiger partial charge < -0.3 is 4.55 Å². The second-order valence-electron chi connectivity index (χ2n) is 1.46. The van der Waals surface area contributed by atoms with E-state index in [1.807, 2.05) is 0 Å². The Morgan fingerprint density at radius 2 is 2.38 bits per heavy atom. The van der Waals surface area contributed by atoms with E-state index in [9.17, 15) is 13.2 Å². The molecule has 0 aromatic rings.